The van der Waals surface area contributed by atoms with E-state index in [-0.39, 0.29) is 0 Å². The molecule has 5 aromatic heterocycles. The number of thiophene rings is 1. The Morgan fingerprint density at radius 2 is 0.725 bits per heavy atom. The van der Waals surface area contributed by atoms with Crippen LogP contribution in [0.2, 0.25) is 0 Å². The number of hydrogen-bond acceptors (Lipinski definition) is 7. The third-order valence-electron chi connectivity index (χ3n) is 9.84. The Labute approximate surface area is 294 Å². The Bertz CT molecular complexity index is 2930. The molecule has 238 valence electrons. The van der Waals surface area contributed by atoms with E-state index in [9.17, 15) is 0 Å². The average Bonchev–Trinajstić information content (AvgIpc) is 3.85. The average molecular weight is 673 g/mol. The Kier molecular flexibility index (Phi) is 5.96. The van der Waals surface area contributed by atoms with Gasteiger partial charge in [0, 0.05) is 41.7 Å². The fourth-order valence-electron chi connectivity index (χ4n) is 7.57. The van der Waals surface area contributed by atoms with Gasteiger partial charge in [-0.1, -0.05) is 60.7 Å². The molecule has 0 radical (unpaired) electrons. The first-order valence-electron chi connectivity index (χ1n) is 16.6. The first kappa shape index (κ1) is 28.0. The molecule has 0 saturated carbocycles. The fourth-order valence-corrected chi connectivity index (χ4v) is 8.64. The van der Waals surface area contributed by atoms with E-state index >= 15 is 0 Å². The zero-order valence-corrected chi connectivity index (χ0v) is 27.7. The second kappa shape index (κ2) is 10.8. The van der Waals surface area contributed by atoms with Crippen LogP contribution in [0, 0.1) is 0 Å². The minimum atomic E-state index is 0.610. The standard InChI is InChI=1S/C42H24N8S/c1-3-7-35-29(5-1)31-17-25(9-13-37(31)49(35)41-45-21-43-22-46-41)27-11-15-39-33(19-27)34-20-28(12-16-40(34)51-39)26-10-14-38-32(18-26)30-6-2-4-8-36(30)50(38)42-47-23-44-24-48-42/h1-24H. The first-order valence-corrected chi connectivity index (χ1v) is 17.4. The molecule has 0 aliphatic heterocycles. The molecule has 11 rings (SSSR count). The Balaban J connectivity index is 1.04. The maximum absolute atomic E-state index is 4.46. The van der Waals surface area contributed by atoms with Gasteiger partial charge >= 0.3 is 0 Å². The van der Waals surface area contributed by atoms with Crippen molar-refractivity contribution in [1.29, 1.82) is 0 Å². The lowest BCUT2D eigenvalue weighted by molar-refractivity contribution is 0.939. The summed E-state index contributed by atoms with van der Waals surface area (Å²) in [6, 6.07) is 43.8. The van der Waals surface area contributed by atoms with Gasteiger partial charge in [-0.2, -0.15) is 0 Å². The SMILES string of the molecule is c1ccc2c(c1)c1cc(-c3ccc4sc5ccc(-c6ccc7c(c6)c6ccccc6n7-c6ncncn6)cc5c4c3)ccc1n2-c1ncncn1. The normalized spacial score (nSPS) is 11.9. The number of aromatic nitrogens is 8. The predicted octanol–water partition coefficient (Wildman–Crippen LogP) is 9.95. The van der Waals surface area contributed by atoms with Crippen molar-refractivity contribution in [3.05, 3.63) is 147 Å². The molecule has 0 saturated heterocycles. The lowest BCUT2D eigenvalue weighted by Gasteiger charge is -2.07. The van der Waals surface area contributed by atoms with Gasteiger partial charge in [0.05, 0.1) is 22.1 Å². The van der Waals surface area contributed by atoms with Gasteiger partial charge in [0.25, 0.3) is 0 Å². The molecule has 0 bridgehead atoms. The van der Waals surface area contributed by atoms with Crippen molar-refractivity contribution in [2.24, 2.45) is 0 Å². The van der Waals surface area contributed by atoms with Crippen LogP contribution in [0.25, 0.3) is 97.9 Å². The molecular weight excluding hydrogens is 649 g/mol. The number of rotatable bonds is 4. The zero-order chi connectivity index (χ0) is 33.5. The van der Waals surface area contributed by atoms with Crippen LogP contribution >= 0.6 is 11.3 Å². The van der Waals surface area contributed by atoms with Gasteiger partial charge in [-0.05, 0) is 82.9 Å². The van der Waals surface area contributed by atoms with E-state index in [0.29, 0.717) is 11.9 Å². The summed E-state index contributed by atoms with van der Waals surface area (Å²) < 4.78 is 6.76. The quantitative estimate of drug-likeness (QED) is 0.185. The highest BCUT2D eigenvalue weighted by atomic mass is 32.1. The largest absolute Gasteiger partial charge is 0.278 e. The number of benzene rings is 6. The molecule has 0 aliphatic carbocycles. The highest BCUT2D eigenvalue weighted by molar-refractivity contribution is 7.25. The maximum atomic E-state index is 4.46. The molecule has 0 fully saturated rings. The topological polar surface area (TPSA) is 87.2 Å². The van der Waals surface area contributed by atoms with Crippen molar-refractivity contribution in [1.82, 2.24) is 39.0 Å². The molecule has 51 heavy (non-hydrogen) atoms. The van der Waals surface area contributed by atoms with Crippen LogP contribution < -0.4 is 0 Å². The highest BCUT2D eigenvalue weighted by Crippen LogP contribution is 2.41. The second-order valence-electron chi connectivity index (χ2n) is 12.6. The van der Waals surface area contributed by atoms with Crippen molar-refractivity contribution in [3.8, 4) is 34.2 Å². The molecule has 0 aliphatic rings. The molecule has 11 aromatic rings. The fraction of sp³-hybridized carbons (Fsp3) is 0. The third-order valence-corrected chi connectivity index (χ3v) is 11.0. The van der Waals surface area contributed by atoms with E-state index in [1.165, 1.54) is 42.4 Å². The molecule has 0 atom stereocenters. The molecular formula is C42H24N8S. The van der Waals surface area contributed by atoms with Crippen LogP contribution in [0.1, 0.15) is 0 Å². The molecule has 0 N–H and O–H groups in total. The van der Waals surface area contributed by atoms with E-state index in [4.69, 9.17) is 0 Å². The lowest BCUT2D eigenvalue weighted by atomic mass is 9.98. The minimum Gasteiger partial charge on any atom is -0.278 e. The summed E-state index contributed by atoms with van der Waals surface area (Å²) >= 11 is 1.84. The van der Waals surface area contributed by atoms with Gasteiger partial charge in [-0.25, -0.2) is 29.9 Å². The van der Waals surface area contributed by atoms with E-state index < -0.39 is 0 Å². The van der Waals surface area contributed by atoms with Crippen molar-refractivity contribution in [3.63, 3.8) is 0 Å². The van der Waals surface area contributed by atoms with Gasteiger partial charge in [-0.15, -0.1) is 11.3 Å². The van der Waals surface area contributed by atoms with Gasteiger partial charge < -0.3 is 0 Å². The van der Waals surface area contributed by atoms with Gasteiger partial charge in [-0.3, -0.25) is 9.13 Å². The third kappa shape index (κ3) is 4.25. The second-order valence-corrected chi connectivity index (χ2v) is 13.7. The minimum absolute atomic E-state index is 0.610. The number of para-hydroxylation sites is 2. The van der Waals surface area contributed by atoms with Crippen LogP contribution in [-0.4, -0.2) is 39.0 Å². The van der Waals surface area contributed by atoms with Gasteiger partial charge in [0.1, 0.15) is 25.3 Å². The number of nitrogens with zero attached hydrogens (tertiary/aromatic N) is 8. The summed E-state index contributed by atoms with van der Waals surface area (Å²) in [4.78, 5) is 25.9. The summed E-state index contributed by atoms with van der Waals surface area (Å²) in [5.74, 6) is 1.22. The molecule has 0 spiro atoms. The predicted molar refractivity (Wildman–Crippen MR) is 206 cm³/mol. The molecule has 0 unspecified atom stereocenters. The van der Waals surface area contributed by atoms with E-state index in [0.717, 1.165) is 43.6 Å². The summed E-state index contributed by atoms with van der Waals surface area (Å²) in [6.07, 6.45) is 6.16. The zero-order valence-electron chi connectivity index (χ0n) is 26.8. The summed E-state index contributed by atoms with van der Waals surface area (Å²) in [5, 5.41) is 7.16. The number of fused-ring (bicyclic) bond motifs is 9. The molecule has 8 nitrogen and oxygen atoms in total. The molecule has 0 amide bonds. The van der Waals surface area contributed by atoms with Crippen molar-refractivity contribution >= 4 is 75.1 Å². The maximum Gasteiger partial charge on any atom is 0.237 e. The lowest BCUT2D eigenvalue weighted by Crippen LogP contribution is -2.00. The van der Waals surface area contributed by atoms with Crippen molar-refractivity contribution < 1.29 is 0 Å². The first-order chi connectivity index (χ1) is 25.3. The van der Waals surface area contributed by atoms with E-state index in [1.54, 1.807) is 25.3 Å². The molecule has 5 heterocycles. The Hall–Kier alpha value is -6.84. The van der Waals surface area contributed by atoms with Crippen molar-refractivity contribution in [2.75, 3.05) is 0 Å². The van der Waals surface area contributed by atoms with Crippen LogP contribution in [0.4, 0.5) is 0 Å². The summed E-state index contributed by atoms with van der Waals surface area (Å²) in [6.45, 7) is 0. The Morgan fingerprint density at radius 3 is 1.18 bits per heavy atom. The van der Waals surface area contributed by atoms with Crippen LogP contribution in [0.5, 0.6) is 0 Å². The van der Waals surface area contributed by atoms with E-state index in [1.807, 2.05) is 11.3 Å². The van der Waals surface area contributed by atoms with Crippen LogP contribution in [-0.2, 0) is 0 Å². The smallest absolute Gasteiger partial charge is 0.237 e. The molecule has 9 heteroatoms. The van der Waals surface area contributed by atoms with Crippen LogP contribution in [0.3, 0.4) is 0 Å². The summed E-state index contributed by atoms with van der Waals surface area (Å²) in [5.41, 5.74) is 8.94. The van der Waals surface area contributed by atoms with E-state index in [2.05, 4.69) is 160 Å². The van der Waals surface area contributed by atoms with Crippen molar-refractivity contribution in [2.45, 2.75) is 0 Å². The Morgan fingerprint density at radius 1 is 0.353 bits per heavy atom. The summed E-state index contributed by atoms with van der Waals surface area (Å²) in [7, 11) is 0. The number of hydrogen-bond donors (Lipinski definition) is 0. The van der Waals surface area contributed by atoms with Gasteiger partial charge in [0.15, 0.2) is 0 Å². The van der Waals surface area contributed by atoms with Gasteiger partial charge in [0.2, 0.25) is 11.9 Å². The van der Waals surface area contributed by atoms with Crippen LogP contribution in [0.15, 0.2) is 147 Å². The molecule has 6 aromatic carbocycles. The highest BCUT2D eigenvalue weighted by Gasteiger charge is 2.17. The monoisotopic (exact) mass is 672 g/mol.